The Labute approximate surface area is 199 Å². The zero-order chi connectivity index (χ0) is 23.8. The second-order valence-electron chi connectivity index (χ2n) is 8.01. The first-order valence-corrected chi connectivity index (χ1v) is 11.9. The summed E-state index contributed by atoms with van der Waals surface area (Å²) in [4.78, 5) is 20.4. The van der Waals surface area contributed by atoms with Gasteiger partial charge in [-0.05, 0) is 30.0 Å². The number of anilines is 4. The first-order valence-electron chi connectivity index (χ1n) is 10.7. The summed E-state index contributed by atoms with van der Waals surface area (Å²) in [6.07, 6.45) is 7.50. The van der Waals surface area contributed by atoms with Crippen molar-refractivity contribution in [2.45, 2.75) is 19.9 Å². The van der Waals surface area contributed by atoms with E-state index in [1.54, 1.807) is 35.4 Å². The Morgan fingerprint density at radius 2 is 2.03 bits per heavy atom. The molecule has 0 unspecified atom stereocenters. The number of carbonyl (C=O) groups is 1. The van der Waals surface area contributed by atoms with Crippen LogP contribution in [0.25, 0.3) is 21.9 Å². The molecule has 1 aliphatic heterocycles. The number of nitrogen functional groups attached to an aromatic ring is 1. The van der Waals surface area contributed by atoms with Crippen LogP contribution in [0.15, 0.2) is 36.8 Å². The third-order valence-corrected chi connectivity index (χ3v) is 6.26. The minimum Gasteiger partial charge on any atom is -0.396 e. The Kier molecular flexibility index (Phi) is 5.70. The van der Waals surface area contributed by atoms with Crippen LogP contribution in [0.4, 0.5) is 27.4 Å². The number of benzene rings is 1. The minimum atomic E-state index is -0.502. The topological polar surface area (TPSA) is 123 Å². The Morgan fingerprint density at radius 1 is 1.18 bits per heavy atom. The Hall–Kier alpha value is -3.86. The molecule has 4 aromatic rings. The molecule has 0 saturated carbocycles. The van der Waals surface area contributed by atoms with Gasteiger partial charge in [-0.1, -0.05) is 11.9 Å². The summed E-state index contributed by atoms with van der Waals surface area (Å²) in [5, 5.41) is 11.7. The van der Waals surface area contributed by atoms with Gasteiger partial charge in [-0.3, -0.25) is 14.5 Å². The van der Waals surface area contributed by atoms with Crippen LogP contribution in [-0.4, -0.2) is 38.5 Å². The molecule has 0 saturated heterocycles. The van der Waals surface area contributed by atoms with Crippen molar-refractivity contribution in [1.82, 2.24) is 25.1 Å². The van der Waals surface area contributed by atoms with Crippen molar-refractivity contribution >= 4 is 51.6 Å². The predicted molar refractivity (Wildman–Crippen MR) is 133 cm³/mol. The van der Waals surface area contributed by atoms with Crippen molar-refractivity contribution < 1.29 is 9.18 Å². The number of nitrogens with zero attached hydrogens (tertiary/aromatic N) is 4. The van der Waals surface area contributed by atoms with E-state index in [4.69, 9.17) is 5.73 Å². The average Bonchev–Trinajstić information content (AvgIpc) is 3.09. The number of halogens is 1. The maximum absolute atomic E-state index is 15.3. The van der Waals surface area contributed by atoms with Crippen molar-refractivity contribution in [3.8, 4) is 11.1 Å². The summed E-state index contributed by atoms with van der Waals surface area (Å²) in [7, 11) is 0. The smallest absolute Gasteiger partial charge is 0.241 e. The molecular weight excluding hydrogens is 455 g/mol. The molecule has 34 heavy (non-hydrogen) atoms. The molecule has 3 aromatic heterocycles. The molecule has 1 aliphatic rings. The molecule has 0 spiro atoms. The van der Waals surface area contributed by atoms with Crippen LogP contribution in [0.5, 0.6) is 0 Å². The molecule has 174 valence electrons. The van der Waals surface area contributed by atoms with E-state index in [-0.39, 0.29) is 18.1 Å². The van der Waals surface area contributed by atoms with Crippen LogP contribution >= 0.6 is 11.9 Å². The molecule has 5 rings (SSSR count). The van der Waals surface area contributed by atoms with Gasteiger partial charge in [0, 0.05) is 59.9 Å². The quantitative estimate of drug-likeness (QED) is 0.253. The van der Waals surface area contributed by atoms with Crippen LogP contribution in [0.1, 0.15) is 11.3 Å². The molecule has 0 fully saturated rings. The van der Waals surface area contributed by atoms with E-state index in [1.165, 1.54) is 11.9 Å². The molecule has 9 nitrogen and oxygen atoms in total. The number of rotatable bonds is 5. The van der Waals surface area contributed by atoms with Crippen molar-refractivity contribution in [1.29, 1.82) is 0 Å². The lowest BCUT2D eigenvalue weighted by Gasteiger charge is -2.14. The monoisotopic (exact) mass is 478 g/mol. The Morgan fingerprint density at radius 3 is 2.85 bits per heavy atom. The molecule has 0 bridgehead atoms. The van der Waals surface area contributed by atoms with E-state index >= 15 is 4.39 Å². The molecule has 4 heterocycles. The minimum absolute atomic E-state index is 0.0360. The number of nitrogens with two attached hydrogens (primary N) is 1. The van der Waals surface area contributed by atoms with Crippen LogP contribution in [-0.2, 0) is 17.8 Å². The molecule has 1 amide bonds. The molecule has 0 radical (unpaired) electrons. The highest BCUT2D eigenvalue weighted by Crippen LogP contribution is 2.37. The molecule has 11 heteroatoms. The van der Waals surface area contributed by atoms with Gasteiger partial charge in [-0.25, -0.2) is 9.37 Å². The fourth-order valence-corrected chi connectivity index (χ4v) is 4.50. The van der Waals surface area contributed by atoms with Crippen molar-refractivity contribution in [3.05, 3.63) is 53.9 Å². The standard InChI is InChI=1S/C23H23FN8OS/c1-12-16(8-26-10-18(12)31-34-2)15-5-13-6-19(28-9-17(13)23(25)22(15)24)29-20-7-14-3-4-27-21(33)11-32(14)30-20/h5-10,31H,3-4,11,25H2,1-2H3,(H,27,33)(H,28,29,30). The summed E-state index contributed by atoms with van der Waals surface area (Å²) < 4.78 is 20.1. The summed E-state index contributed by atoms with van der Waals surface area (Å²) in [5.74, 6) is 0.554. The van der Waals surface area contributed by atoms with Crippen LogP contribution < -0.4 is 21.1 Å². The van der Waals surface area contributed by atoms with Crippen molar-refractivity contribution in [2.24, 2.45) is 0 Å². The highest BCUT2D eigenvalue weighted by atomic mass is 32.2. The number of amides is 1. The fraction of sp³-hybridized carbons (Fsp3) is 0.217. The summed E-state index contributed by atoms with van der Waals surface area (Å²) in [6, 6.07) is 5.46. The lowest BCUT2D eigenvalue weighted by atomic mass is 9.97. The number of nitrogens with one attached hydrogen (secondary N) is 3. The normalized spacial score (nSPS) is 13.3. The number of hydrogen-bond acceptors (Lipinski definition) is 8. The Bertz CT molecular complexity index is 1420. The van der Waals surface area contributed by atoms with E-state index < -0.39 is 5.82 Å². The Balaban J connectivity index is 1.53. The van der Waals surface area contributed by atoms with Gasteiger partial charge < -0.3 is 21.1 Å². The SMILES string of the molecule is CSNc1cncc(-c2cc3cc(Nc4cc5n(n4)CC(=O)NCC5)ncc3c(N)c2F)c1C. The lowest BCUT2D eigenvalue weighted by Crippen LogP contribution is -2.25. The van der Waals surface area contributed by atoms with Gasteiger partial charge in [-0.15, -0.1) is 0 Å². The van der Waals surface area contributed by atoms with Gasteiger partial charge >= 0.3 is 0 Å². The largest absolute Gasteiger partial charge is 0.396 e. The van der Waals surface area contributed by atoms with E-state index in [1.807, 2.05) is 19.2 Å². The number of aromatic nitrogens is 4. The van der Waals surface area contributed by atoms with Gasteiger partial charge in [0.1, 0.15) is 12.4 Å². The number of fused-ring (bicyclic) bond motifs is 2. The van der Waals surface area contributed by atoms with Crippen molar-refractivity contribution in [3.63, 3.8) is 0 Å². The summed E-state index contributed by atoms with van der Waals surface area (Å²) in [5.41, 5.74) is 9.88. The van der Waals surface area contributed by atoms with Gasteiger partial charge in [0.2, 0.25) is 5.91 Å². The van der Waals surface area contributed by atoms with Gasteiger partial charge in [-0.2, -0.15) is 5.10 Å². The van der Waals surface area contributed by atoms with Crippen LogP contribution in [0.3, 0.4) is 0 Å². The second kappa shape index (κ2) is 8.82. The highest BCUT2D eigenvalue weighted by Gasteiger charge is 2.18. The molecule has 1 aromatic carbocycles. The third-order valence-electron chi connectivity index (χ3n) is 5.83. The highest BCUT2D eigenvalue weighted by molar-refractivity contribution is 7.99. The van der Waals surface area contributed by atoms with Crippen LogP contribution in [0.2, 0.25) is 0 Å². The third kappa shape index (κ3) is 3.98. The van der Waals surface area contributed by atoms with E-state index in [0.717, 1.165) is 22.3 Å². The number of carbonyl (C=O) groups excluding carboxylic acids is 1. The molecule has 0 atom stereocenters. The maximum Gasteiger partial charge on any atom is 0.241 e. The first-order chi connectivity index (χ1) is 16.4. The zero-order valence-electron chi connectivity index (χ0n) is 18.6. The van der Waals surface area contributed by atoms with Gasteiger partial charge in [0.25, 0.3) is 0 Å². The summed E-state index contributed by atoms with van der Waals surface area (Å²) >= 11 is 1.44. The second-order valence-corrected chi connectivity index (χ2v) is 8.62. The van der Waals surface area contributed by atoms with Gasteiger partial charge in [0.15, 0.2) is 11.6 Å². The molecule has 0 aliphatic carbocycles. The van der Waals surface area contributed by atoms with Crippen molar-refractivity contribution in [2.75, 3.05) is 28.6 Å². The molecular formula is C23H23FN8OS. The number of hydrogen-bond donors (Lipinski definition) is 4. The van der Waals surface area contributed by atoms with Crippen LogP contribution in [0, 0.1) is 12.7 Å². The first kappa shape index (κ1) is 22.0. The number of pyridine rings is 2. The zero-order valence-corrected chi connectivity index (χ0v) is 19.5. The van der Waals surface area contributed by atoms with E-state index in [9.17, 15) is 4.79 Å². The van der Waals surface area contributed by atoms with E-state index in [2.05, 4.69) is 30.4 Å². The van der Waals surface area contributed by atoms with Gasteiger partial charge in [0.05, 0.1) is 17.6 Å². The van der Waals surface area contributed by atoms with E-state index in [0.29, 0.717) is 41.1 Å². The fourth-order valence-electron chi connectivity index (χ4n) is 4.08. The average molecular weight is 479 g/mol. The maximum atomic E-state index is 15.3. The predicted octanol–water partition coefficient (Wildman–Crippen LogP) is 3.63. The summed E-state index contributed by atoms with van der Waals surface area (Å²) in [6.45, 7) is 2.67. The molecule has 5 N–H and O–H groups in total. The lowest BCUT2D eigenvalue weighted by molar-refractivity contribution is -0.121.